The Bertz CT molecular complexity index is 329. The van der Waals surface area contributed by atoms with Gasteiger partial charge >= 0.3 is 0 Å². The average Bonchev–Trinajstić information content (AvgIpc) is 2.49. The Morgan fingerprint density at radius 1 is 1.00 bits per heavy atom. The fourth-order valence-electron chi connectivity index (χ4n) is 5.57. The Morgan fingerprint density at radius 3 is 2.50 bits per heavy atom. The number of rotatable bonds is 2. The van der Waals surface area contributed by atoms with Crippen LogP contribution in [-0.4, -0.2) is 30.1 Å². The van der Waals surface area contributed by atoms with Gasteiger partial charge in [0.25, 0.3) is 0 Å². The van der Waals surface area contributed by atoms with E-state index in [-0.39, 0.29) is 0 Å². The van der Waals surface area contributed by atoms with E-state index in [4.69, 9.17) is 5.73 Å². The van der Waals surface area contributed by atoms with Crippen LogP contribution in [0.5, 0.6) is 0 Å². The minimum absolute atomic E-state index is 0.320. The molecule has 0 aromatic heterocycles. The molecule has 2 N–H and O–H groups in total. The molecule has 0 amide bonds. The van der Waals surface area contributed by atoms with Gasteiger partial charge in [0.15, 0.2) is 0 Å². The van der Waals surface area contributed by atoms with Gasteiger partial charge in [0.1, 0.15) is 0 Å². The number of hydrogen-bond donors (Lipinski definition) is 1. The highest BCUT2D eigenvalue weighted by atomic mass is 15.2. The Balaban J connectivity index is 1.75. The van der Waals surface area contributed by atoms with Gasteiger partial charge in [-0.3, -0.25) is 4.90 Å². The normalized spacial score (nSPS) is 47.0. The molecule has 2 heteroatoms. The third kappa shape index (κ3) is 2.54. The Kier molecular flexibility index (Phi) is 4.42. The maximum atomic E-state index is 6.35. The molecule has 1 aliphatic heterocycles. The Labute approximate surface area is 125 Å². The van der Waals surface area contributed by atoms with Gasteiger partial charge in [-0.05, 0) is 55.9 Å². The standard InChI is InChI=1S/C18H34N2/c1-14-7-8-15(2)18(11-14,13-19)20-10-9-16-5-3-4-6-17(16)12-20/h14-17H,3-13,19H2,1-2H3. The number of nitrogens with two attached hydrogens (primary N) is 1. The van der Waals surface area contributed by atoms with Crippen LogP contribution in [0.4, 0.5) is 0 Å². The van der Waals surface area contributed by atoms with Crippen molar-refractivity contribution in [2.24, 2.45) is 29.4 Å². The maximum absolute atomic E-state index is 6.35. The van der Waals surface area contributed by atoms with Crippen LogP contribution in [0.25, 0.3) is 0 Å². The van der Waals surface area contributed by atoms with Crippen molar-refractivity contribution >= 4 is 0 Å². The molecule has 1 saturated heterocycles. The molecule has 0 bridgehead atoms. The number of fused-ring (bicyclic) bond motifs is 1. The molecule has 2 saturated carbocycles. The van der Waals surface area contributed by atoms with E-state index in [0.29, 0.717) is 5.54 Å². The molecule has 1 heterocycles. The molecule has 2 aliphatic carbocycles. The quantitative estimate of drug-likeness (QED) is 0.835. The van der Waals surface area contributed by atoms with Crippen molar-refractivity contribution < 1.29 is 0 Å². The lowest BCUT2D eigenvalue weighted by Gasteiger charge is -2.55. The molecule has 3 aliphatic rings. The van der Waals surface area contributed by atoms with Gasteiger partial charge in [0.05, 0.1) is 0 Å². The molecule has 0 aromatic rings. The first-order valence-corrected chi connectivity index (χ1v) is 9.11. The lowest BCUT2D eigenvalue weighted by molar-refractivity contribution is -0.0493. The molecule has 5 atom stereocenters. The van der Waals surface area contributed by atoms with Crippen molar-refractivity contribution in [2.45, 2.75) is 70.8 Å². The molecule has 0 spiro atoms. The topological polar surface area (TPSA) is 29.3 Å². The highest BCUT2D eigenvalue weighted by Crippen LogP contribution is 2.45. The molecule has 5 unspecified atom stereocenters. The summed E-state index contributed by atoms with van der Waals surface area (Å²) in [5.74, 6) is 3.65. The van der Waals surface area contributed by atoms with Crippen LogP contribution in [0.2, 0.25) is 0 Å². The van der Waals surface area contributed by atoms with Crippen molar-refractivity contribution in [3.63, 3.8) is 0 Å². The molecular weight excluding hydrogens is 244 g/mol. The average molecular weight is 278 g/mol. The Morgan fingerprint density at radius 2 is 1.75 bits per heavy atom. The highest BCUT2D eigenvalue weighted by molar-refractivity contribution is 5.02. The highest BCUT2D eigenvalue weighted by Gasteiger charge is 2.46. The van der Waals surface area contributed by atoms with Crippen LogP contribution >= 0.6 is 0 Å². The van der Waals surface area contributed by atoms with E-state index in [2.05, 4.69) is 18.7 Å². The van der Waals surface area contributed by atoms with Crippen molar-refractivity contribution in [3.8, 4) is 0 Å². The molecule has 0 radical (unpaired) electrons. The summed E-state index contributed by atoms with van der Waals surface area (Å²) in [6, 6.07) is 0. The zero-order valence-corrected chi connectivity index (χ0v) is 13.6. The second-order valence-electron chi connectivity index (χ2n) is 8.13. The van der Waals surface area contributed by atoms with Crippen molar-refractivity contribution in [3.05, 3.63) is 0 Å². The van der Waals surface area contributed by atoms with E-state index in [1.807, 2.05) is 0 Å². The van der Waals surface area contributed by atoms with Gasteiger partial charge in [0, 0.05) is 18.6 Å². The fourth-order valence-corrected chi connectivity index (χ4v) is 5.57. The van der Waals surface area contributed by atoms with Gasteiger partial charge in [-0.25, -0.2) is 0 Å². The zero-order valence-electron chi connectivity index (χ0n) is 13.6. The van der Waals surface area contributed by atoms with Crippen LogP contribution in [0.3, 0.4) is 0 Å². The monoisotopic (exact) mass is 278 g/mol. The minimum Gasteiger partial charge on any atom is -0.329 e. The number of likely N-dealkylation sites (tertiary alicyclic amines) is 1. The zero-order chi connectivity index (χ0) is 14.2. The third-order valence-corrected chi connectivity index (χ3v) is 6.99. The summed E-state index contributed by atoms with van der Waals surface area (Å²) >= 11 is 0. The van der Waals surface area contributed by atoms with Crippen LogP contribution < -0.4 is 5.73 Å². The third-order valence-electron chi connectivity index (χ3n) is 6.99. The predicted octanol–water partition coefficient (Wildman–Crippen LogP) is 3.65. The first-order valence-electron chi connectivity index (χ1n) is 9.11. The first-order chi connectivity index (χ1) is 9.65. The largest absolute Gasteiger partial charge is 0.329 e. The number of piperidine rings is 1. The van der Waals surface area contributed by atoms with Crippen molar-refractivity contribution in [2.75, 3.05) is 19.6 Å². The van der Waals surface area contributed by atoms with Gasteiger partial charge in [0.2, 0.25) is 0 Å². The summed E-state index contributed by atoms with van der Waals surface area (Å²) in [6.45, 7) is 8.43. The van der Waals surface area contributed by atoms with Crippen molar-refractivity contribution in [1.82, 2.24) is 4.90 Å². The Hall–Kier alpha value is -0.0800. The summed E-state index contributed by atoms with van der Waals surface area (Å²) in [5, 5.41) is 0. The SMILES string of the molecule is CC1CCC(C)C(CN)(N2CCC3CCCCC3C2)C1. The van der Waals surface area contributed by atoms with E-state index < -0.39 is 0 Å². The van der Waals surface area contributed by atoms with Crippen LogP contribution in [-0.2, 0) is 0 Å². The molecular formula is C18H34N2. The molecule has 116 valence electrons. The summed E-state index contributed by atoms with van der Waals surface area (Å²) in [4.78, 5) is 2.85. The second-order valence-corrected chi connectivity index (χ2v) is 8.13. The second kappa shape index (κ2) is 5.96. The molecule has 0 aromatic carbocycles. The summed E-state index contributed by atoms with van der Waals surface area (Å²) in [5.41, 5.74) is 6.67. The van der Waals surface area contributed by atoms with Crippen LogP contribution in [0, 0.1) is 23.7 Å². The van der Waals surface area contributed by atoms with Crippen LogP contribution in [0.1, 0.15) is 65.2 Å². The van der Waals surface area contributed by atoms with Gasteiger partial charge < -0.3 is 5.73 Å². The van der Waals surface area contributed by atoms with Gasteiger partial charge in [-0.1, -0.05) is 39.5 Å². The van der Waals surface area contributed by atoms with E-state index in [1.165, 1.54) is 64.5 Å². The van der Waals surface area contributed by atoms with Crippen molar-refractivity contribution in [1.29, 1.82) is 0 Å². The molecule has 2 nitrogen and oxygen atoms in total. The molecule has 20 heavy (non-hydrogen) atoms. The number of nitrogens with zero attached hydrogens (tertiary/aromatic N) is 1. The van der Waals surface area contributed by atoms with Crippen LogP contribution in [0.15, 0.2) is 0 Å². The minimum atomic E-state index is 0.320. The summed E-state index contributed by atoms with van der Waals surface area (Å²) < 4.78 is 0. The number of hydrogen-bond acceptors (Lipinski definition) is 2. The van der Waals surface area contributed by atoms with E-state index in [1.54, 1.807) is 0 Å². The molecule has 3 rings (SSSR count). The van der Waals surface area contributed by atoms with Gasteiger partial charge in [-0.15, -0.1) is 0 Å². The summed E-state index contributed by atoms with van der Waals surface area (Å²) in [6.07, 6.45) is 11.5. The maximum Gasteiger partial charge on any atom is 0.0359 e. The summed E-state index contributed by atoms with van der Waals surface area (Å²) in [7, 11) is 0. The van der Waals surface area contributed by atoms with E-state index in [0.717, 1.165) is 30.2 Å². The van der Waals surface area contributed by atoms with Gasteiger partial charge in [-0.2, -0.15) is 0 Å². The smallest absolute Gasteiger partial charge is 0.0359 e. The first kappa shape index (κ1) is 14.8. The van der Waals surface area contributed by atoms with E-state index >= 15 is 0 Å². The predicted molar refractivity (Wildman–Crippen MR) is 85.6 cm³/mol. The van der Waals surface area contributed by atoms with E-state index in [9.17, 15) is 0 Å². The lowest BCUT2D eigenvalue weighted by Crippen LogP contribution is -2.63. The fraction of sp³-hybridized carbons (Fsp3) is 1.00. The lowest BCUT2D eigenvalue weighted by atomic mass is 9.66. The molecule has 3 fully saturated rings.